The van der Waals surface area contributed by atoms with Crippen LogP contribution in [0.15, 0.2) is 18.2 Å². The molecule has 0 fully saturated rings. The Bertz CT molecular complexity index is 443. The van der Waals surface area contributed by atoms with Gasteiger partial charge in [-0.2, -0.15) is 0 Å². The lowest BCUT2D eigenvalue weighted by atomic mass is 10.1. The Hall–Kier alpha value is -1.79. The molecule has 0 aliphatic carbocycles. The van der Waals surface area contributed by atoms with Crippen molar-refractivity contribution in [3.63, 3.8) is 0 Å². The minimum absolute atomic E-state index is 0.322. The molecule has 0 unspecified atom stereocenters. The summed E-state index contributed by atoms with van der Waals surface area (Å²) in [5.41, 5.74) is 5.50. The van der Waals surface area contributed by atoms with Crippen molar-refractivity contribution in [2.45, 2.75) is 0 Å². The van der Waals surface area contributed by atoms with Crippen molar-refractivity contribution in [2.24, 2.45) is 5.73 Å². The highest BCUT2D eigenvalue weighted by atomic mass is 35.5. The average molecular weight is 208 g/mol. The van der Waals surface area contributed by atoms with E-state index >= 15 is 0 Å². The summed E-state index contributed by atoms with van der Waals surface area (Å²) in [5.74, 6) is 3.80. The lowest BCUT2D eigenvalue weighted by Crippen LogP contribution is -2.06. The van der Waals surface area contributed by atoms with Crippen LogP contribution in [-0.4, -0.2) is 12.2 Å². The number of carbonyl (C=O) groups is 2. The maximum Gasteiger partial charge on any atom is 0.293 e. The zero-order valence-corrected chi connectivity index (χ0v) is 7.84. The van der Waals surface area contributed by atoms with Gasteiger partial charge in [-0.15, -0.1) is 0 Å². The summed E-state index contributed by atoms with van der Waals surface area (Å²) >= 11 is 5.78. The van der Waals surface area contributed by atoms with Crippen LogP contribution in [0.4, 0.5) is 0 Å². The zero-order valence-electron chi connectivity index (χ0n) is 7.08. The number of carbonyl (C=O) groups excluding carboxylic acids is 2. The molecule has 0 saturated heterocycles. The van der Waals surface area contributed by atoms with Gasteiger partial charge in [0.1, 0.15) is 0 Å². The second-order valence-electron chi connectivity index (χ2n) is 2.44. The van der Waals surface area contributed by atoms with Gasteiger partial charge in [0.05, 0.1) is 10.6 Å². The Kier molecular flexibility index (Phi) is 3.27. The van der Waals surface area contributed by atoms with Crippen LogP contribution in [0, 0.1) is 11.8 Å². The standard InChI is InChI=1S/C10H6ClNO2/c11-9-3-1-2-7(6-13)8(9)4-5-10(12)14/h1-3,6H,(H2,12,14). The molecule has 1 amide bonds. The smallest absolute Gasteiger partial charge is 0.293 e. The van der Waals surface area contributed by atoms with Crippen molar-refractivity contribution in [2.75, 3.05) is 0 Å². The van der Waals surface area contributed by atoms with Gasteiger partial charge in [0.15, 0.2) is 6.29 Å². The van der Waals surface area contributed by atoms with Gasteiger partial charge in [-0.25, -0.2) is 0 Å². The van der Waals surface area contributed by atoms with Crippen molar-refractivity contribution < 1.29 is 9.59 Å². The lowest BCUT2D eigenvalue weighted by Gasteiger charge is -1.97. The molecular formula is C10H6ClNO2. The third-order valence-electron chi connectivity index (χ3n) is 1.48. The summed E-state index contributed by atoms with van der Waals surface area (Å²) in [6.45, 7) is 0. The Morgan fingerprint density at radius 2 is 2.21 bits per heavy atom. The maximum absolute atomic E-state index is 10.6. The molecule has 0 saturated carbocycles. The average Bonchev–Trinajstić information content (AvgIpc) is 2.15. The van der Waals surface area contributed by atoms with Crippen molar-refractivity contribution in [3.8, 4) is 11.8 Å². The highest BCUT2D eigenvalue weighted by molar-refractivity contribution is 6.32. The minimum atomic E-state index is -0.762. The molecule has 70 valence electrons. The number of nitrogens with two attached hydrogens (primary N) is 1. The fraction of sp³-hybridized carbons (Fsp3) is 0. The molecule has 3 nitrogen and oxygen atoms in total. The van der Waals surface area contributed by atoms with Gasteiger partial charge in [0.25, 0.3) is 5.91 Å². The topological polar surface area (TPSA) is 60.2 Å². The van der Waals surface area contributed by atoms with Gasteiger partial charge in [-0.3, -0.25) is 9.59 Å². The number of primary amides is 1. The highest BCUT2D eigenvalue weighted by Gasteiger charge is 2.02. The first-order valence-corrected chi connectivity index (χ1v) is 4.08. The Labute approximate surface area is 85.9 Å². The van der Waals surface area contributed by atoms with E-state index in [0.29, 0.717) is 22.4 Å². The summed E-state index contributed by atoms with van der Waals surface area (Å²) in [6, 6.07) is 4.77. The number of aldehydes is 1. The van der Waals surface area contributed by atoms with Crippen molar-refractivity contribution in [1.29, 1.82) is 0 Å². The second-order valence-corrected chi connectivity index (χ2v) is 2.84. The van der Waals surface area contributed by atoms with Crippen LogP contribution >= 0.6 is 11.6 Å². The van der Waals surface area contributed by atoms with Gasteiger partial charge in [0, 0.05) is 11.5 Å². The highest BCUT2D eigenvalue weighted by Crippen LogP contribution is 2.17. The summed E-state index contributed by atoms with van der Waals surface area (Å²) in [4.78, 5) is 21.0. The molecular weight excluding hydrogens is 202 g/mol. The molecule has 0 radical (unpaired) electrons. The molecule has 0 atom stereocenters. The molecule has 14 heavy (non-hydrogen) atoms. The van der Waals surface area contributed by atoms with Crippen LogP contribution in [0.3, 0.4) is 0 Å². The summed E-state index contributed by atoms with van der Waals surface area (Å²) < 4.78 is 0. The van der Waals surface area contributed by atoms with E-state index in [1.165, 1.54) is 0 Å². The van der Waals surface area contributed by atoms with Crippen LogP contribution in [0.5, 0.6) is 0 Å². The largest absolute Gasteiger partial charge is 0.359 e. The van der Waals surface area contributed by atoms with E-state index in [0.717, 1.165) is 0 Å². The number of amides is 1. The zero-order chi connectivity index (χ0) is 10.6. The number of rotatable bonds is 1. The van der Waals surface area contributed by atoms with Crippen molar-refractivity contribution >= 4 is 23.8 Å². The first-order valence-electron chi connectivity index (χ1n) is 3.70. The molecule has 0 bridgehead atoms. The number of benzene rings is 1. The van der Waals surface area contributed by atoms with Crippen LogP contribution in [-0.2, 0) is 4.79 Å². The Morgan fingerprint density at radius 3 is 2.79 bits per heavy atom. The van der Waals surface area contributed by atoms with Gasteiger partial charge >= 0.3 is 0 Å². The van der Waals surface area contributed by atoms with Crippen LogP contribution < -0.4 is 5.73 Å². The van der Waals surface area contributed by atoms with Crippen LogP contribution in [0.1, 0.15) is 15.9 Å². The fourth-order valence-electron chi connectivity index (χ4n) is 0.895. The van der Waals surface area contributed by atoms with Gasteiger partial charge < -0.3 is 5.73 Å². The number of hydrogen-bond acceptors (Lipinski definition) is 2. The molecule has 1 aromatic rings. The van der Waals surface area contributed by atoms with E-state index < -0.39 is 5.91 Å². The molecule has 0 aromatic heterocycles. The first kappa shape index (κ1) is 10.3. The third kappa shape index (κ3) is 2.35. The molecule has 0 aliphatic rings. The fourth-order valence-corrected chi connectivity index (χ4v) is 1.12. The number of halogens is 1. The van der Waals surface area contributed by atoms with Crippen molar-refractivity contribution in [1.82, 2.24) is 0 Å². The maximum atomic E-state index is 10.6. The molecule has 4 heteroatoms. The van der Waals surface area contributed by atoms with E-state index in [4.69, 9.17) is 17.3 Å². The van der Waals surface area contributed by atoms with Crippen LogP contribution in [0.25, 0.3) is 0 Å². The molecule has 0 aliphatic heterocycles. The van der Waals surface area contributed by atoms with E-state index in [1.54, 1.807) is 18.2 Å². The molecule has 0 heterocycles. The predicted octanol–water partition coefficient (Wildman–Crippen LogP) is 0.989. The van der Waals surface area contributed by atoms with E-state index in [1.807, 2.05) is 0 Å². The number of hydrogen-bond donors (Lipinski definition) is 1. The van der Waals surface area contributed by atoms with E-state index in [2.05, 4.69) is 11.8 Å². The van der Waals surface area contributed by atoms with E-state index in [-0.39, 0.29) is 0 Å². The van der Waals surface area contributed by atoms with Crippen molar-refractivity contribution in [3.05, 3.63) is 34.3 Å². The first-order chi connectivity index (χ1) is 6.65. The van der Waals surface area contributed by atoms with E-state index in [9.17, 15) is 9.59 Å². The predicted molar refractivity (Wildman–Crippen MR) is 52.9 cm³/mol. The summed E-state index contributed by atoms with van der Waals surface area (Å²) in [5, 5.41) is 0.323. The Balaban J connectivity index is 3.26. The normalized spacial score (nSPS) is 8.64. The lowest BCUT2D eigenvalue weighted by molar-refractivity contribution is -0.112. The minimum Gasteiger partial charge on any atom is -0.359 e. The van der Waals surface area contributed by atoms with Crippen LogP contribution in [0.2, 0.25) is 5.02 Å². The van der Waals surface area contributed by atoms with Gasteiger partial charge in [-0.1, -0.05) is 29.7 Å². The monoisotopic (exact) mass is 207 g/mol. The quantitative estimate of drug-likeness (QED) is 0.552. The SMILES string of the molecule is NC(=O)C#Cc1c(Cl)cccc1C=O. The Morgan fingerprint density at radius 1 is 1.50 bits per heavy atom. The molecule has 1 rings (SSSR count). The van der Waals surface area contributed by atoms with Gasteiger partial charge in [0.2, 0.25) is 0 Å². The molecule has 1 aromatic carbocycles. The molecule has 0 spiro atoms. The summed E-state index contributed by atoms with van der Waals surface area (Å²) in [6.07, 6.45) is 0.622. The van der Waals surface area contributed by atoms with Gasteiger partial charge in [-0.05, 0) is 6.07 Å². The summed E-state index contributed by atoms with van der Waals surface area (Å²) in [7, 11) is 0. The molecule has 2 N–H and O–H groups in total. The second kappa shape index (κ2) is 4.45. The third-order valence-corrected chi connectivity index (χ3v) is 1.80.